The van der Waals surface area contributed by atoms with Crippen molar-refractivity contribution in [1.82, 2.24) is 9.88 Å². The molecule has 2 atom stereocenters. The van der Waals surface area contributed by atoms with Gasteiger partial charge in [-0.25, -0.2) is 0 Å². The number of piperidine rings is 1. The second-order valence-corrected chi connectivity index (χ2v) is 5.48. The highest BCUT2D eigenvalue weighted by Gasteiger charge is 2.37. The first-order chi connectivity index (χ1) is 9.56. The number of hydrogen-bond acceptors (Lipinski definition) is 3. The van der Waals surface area contributed by atoms with Crippen molar-refractivity contribution >= 4 is 11.9 Å². The van der Waals surface area contributed by atoms with Gasteiger partial charge in [-0.2, -0.15) is 0 Å². The van der Waals surface area contributed by atoms with E-state index < -0.39 is 11.9 Å². The lowest BCUT2D eigenvalue weighted by Gasteiger charge is -2.37. The summed E-state index contributed by atoms with van der Waals surface area (Å²) >= 11 is 0. The number of hydrogen-bond donors (Lipinski definition) is 2. The first kappa shape index (κ1) is 12.9. The molecule has 0 saturated carbocycles. The van der Waals surface area contributed by atoms with Gasteiger partial charge in [0.25, 0.3) is 5.91 Å². The molecule has 3 heterocycles. The van der Waals surface area contributed by atoms with E-state index in [-0.39, 0.29) is 24.1 Å². The maximum Gasteiger partial charge on any atom is 0.308 e. The minimum Gasteiger partial charge on any atom is -0.481 e. The molecule has 6 nitrogen and oxygen atoms in total. The highest BCUT2D eigenvalue weighted by atomic mass is 16.4. The molecule has 6 heteroatoms. The van der Waals surface area contributed by atoms with E-state index in [1.54, 1.807) is 11.0 Å². The lowest BCUT2D eigenvalue weighted by atomic mass is 9.91. The molecule has 2 unspecified atom stereocenters. The van der Waals surface area contributed by atoms with E-state index in [0.717, 1.165) is 6.42 Å². The molecule has 1 amide bonds. The first-order valence-corrected chi connectivity index (χ1v) is 6.82. The van der Waals surface area contributed by atoms with E-state index in [1.165, 1.54) is 6.07 Å². The molecule has 2 aliphatic rings. The Morgan fingerprint density at radius 3 is 2.80 bits per heavy atom. The van der Waals surface area contributed by atoms with E-state index in [0.29, 0.717) is 30.5 Å². The summed E-state index contributed by atoms with van der Waals surface area (Å²) in [4.78, 5) is 39.4. The van der Waals surface area contributed by atoms with Gasteiger partial charge in [0.2, 0.25) is 5.56 Å². The number of aromatic amines is 1. The molecule has 0 aromatic carbocycles. The Bertz CT molecular complexity index is 622. The zero-order chi connectivity index (χ0) is 14.3. The zero-order valence-corrected chi connectivity index (χ0v) is 11.0. The summed E-state index contributed by atoms with van der Waals surface area (Å²) < 4.78 is 0. The Morgan fingerprint density at radius 2 is 2.05 bits per heavy atom. The number of nitrogens with zero attached hydrogens (tertiary/aromatic N) is 1. The Balaban J connectivity index is 1.95. The summed E-state index contributed by atoms with van der Waals surface area (Å²) in [6.07, 6.45) is 2.73. The van der Waals surface area contributed by atoms with E-state index in [4.69, 9.17) is 5.11 Å². The Labute approximate surface area is 115 Å². The maximum atomic E-state index is 12.6. The van der Waals surface area contributed by atoms with Crippen molar-refractivity contribution in [1.29, 1.82) is 0 Å². The summed E-state index contributed by atoms with van der Waals surface area (Å²) in [5.41, 5.74) is 0.960. The van der Waals surface area contributed by atoms with Crippen molar-refractivity contribution in [3.05, 3.63) is 33.7 Å². The van der Waals surface area contributed by atoms with E-state index in [9.17, 15) is 14.4 Å². The molecule has 3 rings (SSSR count). The molecule has 2 aliphatic heterocycles. The summed E-state index contributed by atoms with van der Waals surface area (Å²) in [7, 11) is 0. The number of rotatable bonds is 1. The average molecular weight is 276 g/mol. The van der Waals surface area contributed by atoms with E-state index in [2.05, 4.69) is 4.98 Å². The zero-order valence-electron chi connectivity index (χ0n) is 11.0. The monoisotopic (exact) mass is 276 g/mol. The number of pyridine rings is 1. The van der Waals surface area contributed by atoms with Crippen molar-refractivity contribution in [2.24, 2.45) is 5.92 Å². The standard InChI is InChI=1S/C14H16N2O4/c17-12-6-4-10-11(15-12)5-3-9-2-1-8(14(19)20)7-16(9)13(10)18/h4,6,8-9H,1-3,5,7H2,(H,15,17)(H,19,20). The van der Waals surface area contributed by atoms with Crippen LogP contribution < -0.4 is 5.56 Å². The number of carboxylic acids is 1. The number of carbonyl (C=O) groups is 2. The lowest BCUT2D eigenvalue weighted by molar-refractivity contribution is -0.143. The van der Waals surface area contributed by atoms with Gasteiger partial charge < -0.3 is 15.0 Å². The average Bonchev–Trinajstić information content (AvgIpc) is 2.56. The third-order valence-corrected chi connectivity index (χ3v) is 4.27. The summed E-state index contributed by atoms with van der Waals surface area (Å²) in [5.74, 6) is -1.49. The van der Waals surface area contributed by atoms with Gasteiger partial charge in [-0.3, -0.25) is 14.4 Å². The molecule has 1 aromatic heterocycles. The first-order valence-electron chi connectivity index (χ1n) is 6.82. The second-order valence-electron chi connectivity index (χ2n) is 5.48. The van der Waals surface area contributed by atoms with Crippen LogP contribution in [0.4, 0.5) is 0 Å². The van der Waals surface area contributed by atoms with Gasteiger partial charge >= 0.3 is 5.97 Å². The molecule has 0 spiro atoms. The largest absolute Gasteiger partial charge is 0.481 e. The number of aryl methyl sites for hydroxylation is 1. The summed E-state index contributed by atoms with van der Waals surface area (Å²) in [5, 5.41) is 9.13. The van der Waals surface area contributed by atoms with Crippen molar-refractivity contribution in [2.45, 2.75) is 31.7 Å². The van der Waals surface area contributed by atoms with Crippen molar-refractivity contribution in [3.63, 3.8) is 0 Å². The van der Waals surface area contributed by atoms with Gasteiger partial charge in [-0.05, 0) is 31.7 Å². The molecule has 1 fully saturated rings. The molecule has 0 radical (unpaired) electrons. The smallest absolute Gasteiger partial charge is 0.308 e. The van der Waals surface area contributed by atoms with Crippen LogP contribution in [-0.2, 0) is 11.2 Å². The molecule has 0 aliphatic carbocycles. The number of aliphatic carboxylic acids is 1. The SMILES string of the molecule is O=C(O)C1CCC2CCc3[nH]c(=O)ccc3C(=O)N2C1. The quantitative estimate of drug-likeness (QED) is 0.787. The molecular weight excluding hydrogens is 260 g/mol. The van der Waals surface area contributed by atoms with Gasteiger partial charge in [-0.1, -0.05) is 0 Å². The number of amides is 1. The van der Waals surface area contributed by atoms with Crippen LogP contribution in [0, 0.1) is 5.92 Å². The van der Waals surface area contributed by atoms with E-state index in [1.807, 2.05) is 0 Å². The topological polar surface area (TPSA) is 90.5 Å². The molecule has 0 bridgehead atoms. The predicted octanol–water partition coefficient (Wildman–Crippen LogP) is 0.627. The molecular formula is C14H16N2O4. The van der Waals surface area contributed by atoms with Crippen LogP contribution in [0.2, 0.25) is 0 Å². The Kier molecular flexibility index (Phi) is 3.08. The molecule has 1 aromatic rings. The number of carboxylic acid groups (broad SMARTS) is 1. The molecule has 2 N–H and O–H groups in total. The van der Waals surface area contributed by atoms with Gasteiger partial charge in [0.15, 0.2) is 0 Å². The summed E-state index contributed by atoms with van der Waals surface area (Å²) in [6.45, 7) is 0.261. The lowest BCUT2D eigenvalue weighted by Crippen LogP contribution is -2.48. The fourth-order valence-electron chi connectivity index (χ4n) is 3.16. The number of carbonyl (C=O) groups excluding carboxylic acids is 1. The Hall–Kier alpha value is -2.11. The fourth-order valence-corrected chi connectivity index (χ4v) is 3.16. The Morgan fingerprint density at radius 1 is 1.25 bits per heavy atom. The number of fused-ring (bicyclic) bond motifs is 2. The van der Waals surface area contributed by atoms with Crippen LogP contribution >= 0.6 is 0 Å². The minimum atomic E-state index is -0.845. The van der Waals surface area contributed by atoms with Crippen LogP contribution in [0.3, 0.4) is 0 Å². The van der Waals surface area contributed by atoms with Crippen LogP contribution in [0.5, 0.6) is 0 Å². The van der Waals surface area contributed by atoms with Gasteiger partial charge in [-0.15, -0.1) is 0 Å². The third-order valence-electron chi connectivity index (χ3n) is 4.27. The van der Waals surface area contributed by atoms with Crippen molar-refractivity contribution in [3.8, 4) is 0 Å². The summed E-state index contributed by atoms with van der Waals surface area (Å²) in [6, 6.07) is 2.97. The third kappa shape index (κ3) is 2.11. The number of H-pyrrole nitrogens is 1. The van der Waals surface area contributed by atoms with Crippen molar-refractivity contribution < 1.29 is 14.7 Å². The maximum absolute atomic E-state index is 12.6. The van der Waals surface area contributed by atoms with Gasteiger partial charge in [0, 0.05) is 24.3 Å². The normalized spacial score (nSPS) is 25.6. The van der Waals surface area contributed by atoms with Crippen LogP contribution in [0.1, 0.15) is 35.3 Å². The van der Waals surface area contributed by atoms with Crippen molar-refractivity contribution in [2.75, 3.05) is 6.54 Å². The highest BCUT2D eigenvalue weighted by Crippen LogP contribution is 2.29. The molecule has 1 saturated heterocycles. The number of aromatic nitrogens is 1. The predicted molar refractivity (Wildman–Crippen MR) is 70.6 cm³/mol. The minimum absolute atomic E-state index is 0.0778. The van der Waals surface area contributed by atoms with Crippen LogP contribution in [0.25, 0.3) is 0 Å². The highest BCUT2D eigenvalue weighted by molar-refractivity contribution is 5.96. The number of nitrogens with one attached hydrogen (secondary N) is 1. The van der Waals surface area contributed by atoms with Gasteiger partial charge in [0.05, 0.1) is 11.5 Å². The van der Waals surface area contributed by atoms with Crippen LogP contribution in [0.15, 0.2) is 16.9 Å². The second kappa shape index (κ2) is 4.77. The van der Waals surface area contributed by atoms with Gasteiger partial charge in [0.1, 0.15) is 0 Å². The van der Waals surface area contributed by atoms with E-state index >= 15 is 0 Å². The fraction of sp³-hybridized carbons (Fsp3) is 0.500. The van der Waals surface area contributed by atoms with Crippen LogP contribution in [-0.4, -0.2) is 39.5 Å². The molecule has 106 valence electrons. The molecule has 20 heavy (non-hydrogen) atoms.